The zero-order valence-corrected chi connectivity index (χ0v) is 13.8. The van der Waals surface area contributed by atoms with E-state index >= 15 is 0 Å². The predicted octanol–water partition coefficient (Wildman–Crippen LogP) is 3.36. The lowest BCUT2D eigenvalue weighted by Crippen LogP contribution is -2.34. The summed E-state index contributed by atoms with van der Waals surface area (Å²) in [6.07, 6.45) is 0. The number of ether oxygens (including phenoxy) is 2. The zero-order valence-electron chi connectivity index (χ0n) is 13.1. The van der Waals surface area contributed by atoms with E-state index in [1.165, 1.54) is 0 Å². The summed E-state index contributed by atoms with van der Waals surface area (Å²) in [5.74, 6) is 1.29. The Labute approximate surface area is 140 Å². The number of hydrogen-bond donors (Lipinski definition) is 2. The number of rotatable bonds is 6. The van der Waals surface area contributed by atoms with Crippen molar-refractivity contribution in [3.05, 3.63) is 58.6 Å². The minimum atomic E-state index is -0.241. The van der Waals surface area contributed by atoms with E-state index in [2.05, 4.69) is 10.6 Å². The Morgan fingerprint density at radius 2 is 1.48 bits per heavy atom. The number of benzene rings is 2. The summed E-state index contributed by atoms with van der Waals surface area (Å²) in [5.41, 5.74) is 1.90. The van der Waals surface area contributed by atoms with Gasteiger partial charge in [-0.05, 0) is 35.4 Å². The number of nitrogens with one attached hydrogen (secondary N) is 2. The van der Waals surface area contributed by atoms with Gasteiger partial charge in [0.1, 0.15) is 0 Å². The molecule has 0 saturated carbocycles. The molecule has 0 heterocycles. The van der Waals surface area contributed by atoms with Crippen molar-refractivity contribution in [3.63, 3.8) is 0 Å². The molecule has 0 aliphatic carbocycles. The van der Waals surface area contributed by atoms with Gasteiger partial charge in [0.2, 0.25) is 0 Å². The van der Waals surface area contributed by atoms with Gasteiger partial charge in [-0.3, -0.25) is 0 Å². The van der Waals surface area contributed by atoms with E-state index in [0.29, 0.717) is 29.6 Å². The quantitative estimate of drug-likeness (QED) is 0.851. The van der Waals surface area contributed by atoms with Gasteiger partial charge >= 0.3 is 6.03 Å². The van der Waals surface area contributed by atoms with E-state index in [4.69, 9.17) is 21.1 Å². The molecule has 2 N–H and O–H groups in total. The number of hydrogen-bond acceptors (Lipinski definition) is 3. The van der Waals surface area contributed by atoms with Crippen LogP contribution in [0.2, 0.25) is 5.02 Å². The van der Waals surface area contributed by atoms with Crippen molar-refractivity contribution in [1.29, 1.82) is 0 Å². The maximum Gasteiger partial charge on any atom is 0.315 e. The van der Waals surface area contributed by atoms with Crippen LogP contribution in [0.25, 0.3) is 0 Å². The van der Waals surface area contributed by atoms with Gasteiger partial charge in [-0.15, -0.1) is 0 Å². The molecule has 0 bridgehead atoms. The molecular weight excluding hydrogens is 316 g/mol. The van der Waals surface area contributed by atoms with Crippen LogP contribution in [0.4, 0.5) is 4.79 Å². The van der Waals surface area contributed by atoms with Gasteiger partial charge < -0.3 is 20.1 Å². The van der Waals surface area contributed by atoms with Gasteiger partial charge in [-0.25, -0.2) is 4.79 Å². The number of carbonyl (C=O) groups excluding carboxylic acids is 1. The Hall–Kier alpha value is -2.40. The lowest BCUT2D eigenvalue weighted by Gasteiger charge is -2.11. The molecule has 5 nitrogen and oxygen atoms in total. The van der Waals surface area contributed by atoms with E-state index in [9.17, 15) is 4.79 Å². The molecule has 0 radical (unpaired) electrons. The molecule has 0 fully saturated rings. The maximum atomic E-state index is 11.8. The van der Waals surface area contributed by atoms with E-state index in [1.807, 2.05) is 30.3 Å². The standard InChI is InChI=1S/C17H19ClN2O3/c1-22-15-8-5-13(9-16(15)23-2)11-20-17(21)19-10-12-3-6-14(18)7-4-12/h3-9H,10-11H2,1-2H3,(H2,19,20,21). The van der Waals surface area contributed by atoms with Gasteiger partial charge in [0, 0.05) is 18.1 Å². The molecule has 2 aromatic carbocycles. The first-order valence-electron chi connectivity index (χ1n) is 7.09. The summed E-state index contributed by atoms with van der Waals surface area (Å²) in [4.78, 5) is 11.8. The van der Waals surface area contributed by atoms with Crippen LogP contribution in [0.5, 0.6) is 11.5 Å². The van der Waals surface area contributed by atoms with Crippen molar-refractivity contribution >= 4 is 17.6 Å². The molecule has 0 aromatic heterocycles. The highest BCUT2D eigenvalue weighted by molar-refractivity contribution is 6.30. The average Bonchev–Trinajstić information content (AvgIpc) is 2.59. The van der Waals surface area contributed by atoms with Crippen molar-refractivity contribution in [2.24, 2.45) is 0 Å². The molecule has 0 aliphatic heterocycles. The molecular formula is C17H19ClN2O3. The van der Waals surface area contributed by atoms with Crippen LogP contribution in [0.15, 0.2) is 42.5 Å². The van der Waals surface area contributed by atoms with Crippen LogP contribution >= 0.6 is 11.6 Å². The number of urea groups is 1. The van der Waals surface area contributed by atoms with Gasteiger partial charge in [-0.2, -0.15) is 0 Å². The molecule has 2 amide bonds. The van der Waals surface area contributed by atoms with E-state index in [1.54, 1.807) is 26.4 Å². The number of methoxy groups -OCH3 is 2. The molecule has 0 spiro atoms. The molecule has 6 heteroatoms. The Morgan fingerprint density at radius 1 is 0.913 bits per heavy atom. The monoisotopic (exact) mass is 334 g/mol. The summed E-state index contributed by atoms with van der Waals surface area (Å²) < 4.78 is 10.4. The highest BCUT2D eigenvalue weighted by atomic mass is 35.5. The van der Waals surface area contributed by atoms with Crippen molar-refractivity contribution in [3.8, 4) is 11.5 Å². The molecule has 0 unspecified atom stereocenters. The summed E-state index contributed by atoms with van der Waals surface area (Å²) in [5, 5.41) is 6.26. The van der Waals surface area contributed by atoms with E-state index in [-0.39, 0.29) is 6.03 Å². The molecule has 0 saturated heterocycles. The fraction of sp³-hybridized carbons (Fsp3) is 0.235. The Bertz CT molecular complexity index is 659. The van der Waals surface area contributed by atoms with E-state index < -0.39 is 0 Å². The second kappa shape index (κ2) is 8.29. The molecule has 2 aromatic rings. The molecule has 0 aliphatic rings. The van der Waals surface area contributed by atoms with Crippen molar-refractivity contribution < 1.29 is 14.3 Å². The fourth-order valence-electron chi connectivity index (χ4n) is 2.02. The Kier molecular flexibility index (Phi) is 6.11. The van der Waals surface area contributed by atoms with Crippen LogP contribution in [-0.2, 0) is 13.1 Å². The zero-order chi connectivity index (χ0) is 16.7. The summed E-state index contributed by atoms with van der Waals surface area (Å²) in [6, 6.07) is 12.6. The van der Waals surface area contributed by atoms with Gasteiger partial charge in [0.15, 0.2) is 11.5 Å². The second-order valence-electron chi connectivity index (χ2n) is 4.85. The van der Waals surface area contributed by atoms with Crippen LogP contribution in [0.3, 0.4) is 0 Å². The summed E-state index contributed by atoms with van der Waals surface area (Å²) in [6.45, 7) is 0.835. The molecule has 122 valence electrons. The van der Waals surface area contributed by atoms with Crippen LogP contribution in [-0.4, -0.2) is 20.3 Å². The SMILES string of the molecule is COc1ccc(CNC(=O)NCc2ccc(Cl)cc2)cc1OC. The topological polar surface area (TPSA) is 59.6 Å². The number of amides is 2. The largest absolute Gasteiger partial charge is 0.493 e. The first-order valence-corrected chi connectivity index (χ1v) is 7.47. The first-order chi connectivity index (χ1) is 11.1. The predicted molar refractivity (Wildman–Crippen MR) is 90.1 cm³/mol. The van der Waals surface area contributed by atoms with Crippen LogP contribution in [0, 0.1) is 0 Å². The van der Waals surface area contributed by atoms with E-state index in [0.717, 1.165) is 11.1 Å². The minimum absolute atomic E-state index is 0.241. The summed E-state index contributed by atoms with van der Waals surface area (Å²) >= 11 is 5.82. The third kappa shape index (κ3) is 5.07. The van der Waals surface area contributed by atoms with Crippen molar-refractivity contribution in [2.75, 3.05) is 14.2 Å². The lowest BCUT2D eigenvalue weighted by molar-refractivity contribution is 0.240. The second-order valence-corrected chi connectivity index (χ2v) is 5.29. The molecule has 2 rings (SSSR count). The highest BCUT2D eigenvalue weighted by Gasteiger charge is 2.06. The number of halogens is 1. The van der Waals surface area contributed by atoms with Crippen LogP contribution in [0.1, 0.15) is 11.1 Å². The Morgan fingerprint density at radius 3 is 2.09 bits per heavy atom. The first kappa shape index (κ1) is 17.0. The third-order valence-corrected chi connectivity index (χ3v) is 3.52. The average molecular weight is 335 g/mol. The third-order valence-electron chi connectivity index (χ3n) is 3.27. The van der Waals surface area contributed by atoms with Crippen molar-refractivity contribution in [2.45, 2.75) is 13.1 Å². The normalized spacial score (nSPS) is 10.0. The van der Waals surface area contributed by atoms with Crippen molar-refractivity contribution in [1.82, 2.24) is 10.6 Å². The number of carbonyl (C=O) groups is 1. The smallest absolute Gasteiger partial charge is 0.315 e. The fourth-order valence-corrected chi connectivity index (χ4v) is 2.15. The van der Waals surface area contributed by atoms with Crippen LogP contribution < -0.4 is 20.1 Å². The van der Waals surface area contributed by atoms with Gasteiger partial charge in [0.25, 0.3) is 0 Å². The highest BCUT2D eigenvalue weighted by Crippen LogP contribution is 2.27. The lowest BCUT2D eigenvalue weighted by atomic mass is 10.2. The molecule has 0 atom stereocenters. The molecule has 23 heavy (non-hydrogen) atoms. The minimum Gasteiger partial charge on any atom is -0.493 e. The Balaban J connectivity index is 1.83. The maximum absolute atomic E-state index is 11.8. The van der Waals surface area contributed by atoms with Gasteiger partial charge in [-0.1, -0.05) is 29.8 Å². The van der Waals surface area contributed by atoms with Gasteiger partial charge in [0.05, 0.1) is 14.2 Å². The summed E-state index contributed by atoms with van der Waals surface area (Å²) in [7, 11) is 3.16.